The van der Waals surface area contributed by atoms with Crippen molar-refractivity contribution in [1.82, 2.24) is 10.2 Å². The molecule has 0 saturated carbocycles. The van der Waals surface area contributed by atoms with Gasteiger partial charge in [0.2, 0.25) is 11.8 Å². The van der Waals surface area contributed by atoms with Gasteiger partial charge in [-0.2, -0.15) is 0 Å². The lowest BCUT2D eigenvalue weighted by molar-refractivity contribution is -0.150. The number of fused-ring (bicyclic) bond motifs is 1. The van der Waals surface area contributed by atoms with Gasteiger partial charge in [0.15, 0.2) is 0 Å². The molecule has 4 amide bonds. The standard InChI is InChI=1S/C16H19N3O3/c1-4-19-14(21)16(13(20)17-15(19)22)8-11-7-10(2)5-6-12(11)18(3)9-16/h5-7H,4,8-9H2,1-3H3,(H,17,20,22)/t16-/m1/s1. The van der Waals surface area contributed by atoms with Crippen LogP contribution >= 0.6 is 0 Å². The van der Waals surface area contributed by atoms with Crippen LogP contribution < -0.4 is 10.2 Å². The third-order valence-electron chi connectivity index (χ3n) is 4.52. The lowest BCUT2D eigenvalue weighted by Crippen LogP contribution is -2.68. The number of nitrogens with one attached hydrogen (secondary N) is 1. The first-order valence-electron chi connectivity index (χ1n) is 7.37. The van der Waals surface area contributed by atoms with Gasteiger partial charge in [0.1, 0.15) is 5.41 Å². The molecular weight excluding hydrogens is 282 g/mol. The van der Waals surface area contributed by atoms with E-state index in [0.29, 0.717) is 6.42 Å². The van der Waals surface area contributed by atoms with E-state index >= 15 is 0 Å². The zero-order valence-electron chi connectivity index (χ0n) is 13.0. The zero-order valence-corrected chi connectivity index (χ0v) is 13.0. The van der Waals surface area contributed by atoms with Gasteiger partial charge in [-0.3, -0.25) is 19.8 Å². The second-order valence-electron chi connectivity index (χ2n) is 6.06. The maximum atomic E-state index is 12.8. The number of carbonyl (C=O) groups excluding carboxylic acids is 3. The normalized spacial score (nSPS) is 24.6. The Morgan fingerprint density at radius 2 is 2.00 bits per heavy atom. The van der Waals surface area contributed by atoms with Crippen LogP contribution in [-0.2, 0) is 16.0 Å². The summed E-state index contributed by atoms with van der Waals surface area (Å²) in [6, 6.07) is 5.39. The lowest BCUT2D eigenvalue weighted by Gasteiger charge is -2.45. The highest BCUT2D eigenvalue weighted by Crippen LogP contribution is 2.39. The molecule has 116 valence electrons. The van der Waals surface area contributed by atoms with E-state index in [1.807, 2.05) is 37.1 Å². The van der Waals surface area contributed by atoms with E-state index in [2.05, 4.69) is 5.32 Å². The molecule has 1 saturated heterocycles. The summed E-state index contributed by atoms with van der Waals surface area (Å²) in [5, 5.41) is 2.34. The highest BCUT2D eigenvalue weighted by Gasteiger charge is 2.55. The molecule has 3 rings (SSSR count). The smallest absolute Gasteiger partial charge is 0.330 e. The van der Waals surface area contributed by atoms with Gasteiger partial charge in [0, 0.05) is 25.8 Å². The summed E-state index contributed by atoms with van der Waals surface area (Å²) in [7, 11) is 1.86. The molecule has 0 unspecified atom stereocenters. The third-order valence-corrected chi connectivity index (χ3v) is 4.52. The summed E-state index contributed by atoms with van der Waals surface area (Å²) in [5.74, 6) is -0.894. The summed E-state index contributed by atoms with van der Waals surface area (Å²) in [6.45, 7) is 4.24. The molecule has 0 aliphatic carbocycles. The Morgan fingerprint density at radius 1 is 1.27 bits per heavy atom. The molecule has 1 aromatic rings. The second-order valence-corrected chi connectivity index (χ2v) is 6.06. The van der Waals surface area contributed by atoms with Crippen LogP contribution in [0.25, 0.3) is 0 Å². The van der Waals surface area contributed by atoms with Crippen LogP contribution in [0.5, 0.6) is 0 Å². The average molecular weight is 301 g/mol. The molecule has 1 fully saturated rings. The van der Waals surface area contributed by atoms with Crippen LogP contribution in [0, 0.1) is 12.3 Å². The van der Waals surface area contributed by atoms with Gasteiger partial charge in [-0.25, -0.2) is 4.79 Å². The Balaban J connectivity index is 2.08. The van der Waals surface area contributed by atoms with Crippen molar-refractivity contribution in [2.75, 3.05) is 25.0 Å². The van der Waals surface area contributed by atoms with Gasteiger partial charge in [-0.05, 0) is 31.9 Å². The Labute approximate surface area is 129 Å². The molecule has 6 nitrogen and oxygen atoms in total. The molecule has 1 spiro atoms. The van der Waals surface area contributed by atoms with Crippen LogP contribution in [0.3, 0.4) is 0 Å². The molecule has 1 N–H and O–H groups in total. The van der Waals surface area contributed by atoms with Crippen LogP contribution in [0.15, 0.2) is 18.2 Å². The fourth-order valence-electron chi connectivity index (χ4n) is 3.41. The van der Waals surface area contributed by atoms with Gasteiger partial charge >= 0.3 is 6.03 Å². The first kappa shape index (κ1) is 14.6. The number of anilines is 1. The summed E-state index contributed by atoms with van der Waals surface area (Å²) in [5.41, 5.74) is 1.84. The number of imide groups is 2. The summed E-state index contributed by atoms with van der Waals surface area (Å²) < 4.78 is 0. The molecule has 6 heteroatoms. The van der Waals surface area contributed by atoms with Crippen LogP contribution in [0.2, 0.25) is 0 Å². The topological polar surface area (TPSA) is 69.7 Å². The highest BCUT2D eigenvalue weighted by atomic mass is 16.2. The first-order chi connectivity index (χ1) is 10.4. The number of amides is 4. The molecule has 0 bridgehead atoms. The highest BCUT2D eigenvalue weighted by molar-refractivity contribution is 6.20. The minimum absolute atomic E-state index is 0.254. The predicted molar refractivity (Wildman–Crippen MR) is 81.5 cm³/mol. The molecule has 22 heavy (non-hydrogen) atoms. The van der Waals surface area contributed by atoms with E-state index in [1.165, 1.54) is 0 Å². The summed E-state index contributed by atoms with van der Waals surface area (Å²) >= 11 is 0. The molecule has 2 heterocycles. The summed E-state index contributed by atoms with van der Waals surface area (Å²) in [6.07, 6.45) is 0.322. The molecule has 1 atom stereocenters. The number of aryl methyl sites for hydroxylation is 1. The SMILES string of the molecule is CCN1C(=O)NC(=O)[C@]2(Cc3cc(C)ccc3N(C)C2)C1=O. The van der Waals surface area contributed by atoms with E-state index in [4.69, 9.17) is 0 Å². The average Bonchev–Trinajstić information content (AvgIpc) is 2.45. The minimum atomic E-state index is -1.22. The number of hydrogen-bond donors (Lipinski definition) is 1. The number of nitrogens with zero attached hydrogens (tertiary/aromatic N) is 2. The van der Waals surface area contributed by atoms with Crippen molar-refractivity contribution in [3.05, 3.63) is 29.3 Å². The maximum absolute atomic E-state index is 12.8. The van der Waals surface area contributed by atoms with Crippen molar-refractivity contribution < 1.29 is 14.4 Å². The fourth-order valence-corrected chi connectivity index (χ4v) is 3.41. The van der Waals surface area contributed by atoms with Gasteiger partial charge in [0.05, 0.1) is 0 Å². The number of hydrogen-bond acceptors (Lipinski definition) is 4. The second kappa shape index (κ2) is 4.83. The first-order valence-corrected chi connectivity index (χ1v) is 7.37. The van der Waals surface area contributed by atoms with E-state index in [1.54, 1.807) is 6.92 Å². The van der Waals surface area contributed by atoms with Gasteiger partial charge in [0.25, 0.3) is 0 Å². The number of rotatable bonds is 1. The summed E-state index contributed by atoms with van der Waals surface area (Å²) in [4.78, 5) is 40.1. The molecule has 0 aromatic heterocycles. The predicted octanol–water partition coefficient (Wildman–Crippen LogP) is 1.07. The molecule has 1 aromatic carbocycles. The number of urea groups is 1. The van der Waals surface area contributed by atoms with E-state index in [0.717, 1.165) is 21.7 Å². The Kier molecular flexibility index (Phi) is 3.20. The van der Waals surface area contributed by atoms with Crippen molar-refractivity contribution in [2.45, 2.75) is 20.3 Å². The number of barbiturate groups is 1. The maximum Gasteiger partial charge on any atom is 0.330 e. The van der Waals surface area contributed by atoms with E-state index in [-0.39, 0.29) is 13.1 Å². The number of benzene rings is 1. The quantitative estimate of drug-likeness (QED) is 0.788. The molecular formula is C16H19N3O3. The Hall–Kier alpha value is -2.37. The Bertz CT molecular complexity index is 685. The monoisotopic (exact) mass is 301 g/mol. The van der Waals surface area contributed by atoms with Crippen molar-refractivity contribution in [3.8, 4) is 0 Å². The number of carbonyl (C=O) groups is 3. The fraction of sp³-hybridized carbons (Fsp3) is 0.438. The van der Waals surface area contributed by atoms with Crippen molar-refractivity contribution in [1.29, 1.82) is 0 Å². The van der Waals surface area contributed by atoms with Crippen LogP contribution in [0.4, 0.5) is 10.5 Å². The van der Waals surface area contributed by atoms with Gasteiger partial charge in [-0.15, -0.1) is 0 Å². The zero-order chi connectivity index (χ0) is 16.1. The molecule has 2 aliphatic heterocycles. The largest absolute Gasteiger partial charge is 0.373 e. The Morgan fingerprint density at radius 3 is 2.68 bits per heavy atom. The van der Waals surface area contributed by atoms with Crippen LogP contribution in [0.1, 0.15) is 18.1 Å². The lowest BCUT2D eigenvalue weighted by atomic mass is 9.74. The van der Waals surface area contributed by atoms with E-state index in [9.17, 15) is 14.4 Å². The van der Waals surface area contributed by atoms with Gasteiger partial charge < -0.3 is 4.90 Å². The van der Waals surface area contributed by atoms with Gasteiger partial charge in [-0.1, -0.05) is 17.7 Å². The van der Waals surface area contributed by atoms with Crippen molar-refractivity contribution >= 4 is 23.5 Å². The molecule has 2 aliphatic rings. The third kappa shape index (κ3) is 1.90. The van der Waals surface area contributed by atoms with E-state index < -0.39 is 23.3 Å². The minimum Gasteiger partial charge on any atom is -0.373 e. The van der Waals surface area contributed by atoms with Crippen molar-refractivity contribution in [3.63, 3.8) is 0 Å². The molecule has 0 radical (unpaired) electrons. The van der Waals surface area contributed by atoms with Crippen molar-refractivity contribution in [2.24, 2.45) is 5.41 Å². The van der Waals surface area contributed by atoms with Crippen LogP contribution in [-0.4, -0.2) is 42.9 Å².